The van der Waals surface area contributed by atoms with Crippen LogP contribution < -0.4 is 5.32 Å². The van der Waals surface area contributed by atoms with Crippen LogP contribution in [0.2, 0.25) is 0 Å². The molecule has 0 aromatic carbocycles. The molecule has 0 aliphatic heterocycles. The van der Waals surface area contributed by atoms with Gasteiger partial charge in [0.25, 0.3) is 0 Å². The Hall–Kier alpha value is -0.530. The van der Waals surface area contributed by atoms with Gasteiger partial charge in [-0.2, -0.15) is 0 Å². The summed E-state index contributed by atoms with van der Waals surface area (Å²) in [5.74, 6) is 0.699. The third-order valence-electron chi connectivity index (χ3n) is 2.05. The highest BCUT2D eigenvalue weighted by atomic mass is 14.9. The quantitative estimate of drug-likeness (QED) is 0.338. The van der Waals surface area contributed by atoms with E-state index in [1.165, 1.54) is 19.3 Å². The van der Waals surface area contributed by atoms with E-state index in [9.17, 15) is 0 Å². The number of hydrogen-bond donors (Lipinski definition) is 2. The number of nitrogens with one attached hydrogen (secondary N) is 2. The topological polar surface area (TPSA) is 35.9 Å². The van der Waals surface area contributed by atoms with Crippen molar-refractivity contribution >= 4 is 5.84 Å². The molecule has 0 amide bonds. The van der Waals surface area contributed by atoms with Gasteiger partial charge in [0.05, 0.1) is 5.84 Å². The van der Waals surface area contributed by atoms with Gasteiger partial charge in [0.1, 0.15) is 0 Å². The first-order chi connectivity index (χ1) is 6.31. The summed E-state index contributed by atoms with van der Waals surface area (Å²) >= 11 is 0. The van der Waals surface area contributed by atoms with Crippen LogP contribution in [0.4, 0.5) is 0 Å². The molecule has 0 rings (SSSR count). The third-order valence-corrected chi connectivity index (χ3v) is 2.05. The molecule has 0 fully saturated rings. The summed E-state index contributed by atoms with van der Waals surface area (Å²) in [5.41, 5.74) is 0. The Balaban J connectivity index is 3.11. The standard InChI is InChI=1S/C11H23N2/c1-3-5-7-9-11(12)13-10-8-6-4-2/h1,3-10H2,2H3,(H2,12,13). The molecule has 2 nitrogen and oxygen atoms in total. The maximum Gasteiger partial charge on any atom is 0.0931 e. The van der Waals surface area contributed by atoms with E-state index in [1.54, 1.807) is 0 Å². The Bertz CT molecular complexity index is 121. The minimum absolute atomic E-state index is 0.699. The molecule has 0 aromatic rings. The number of rotatable bonds is 8. The van der Waals surface area contributed by atoms with E-state index in [-0.39, 0.29) is 0 Å². The Morgan fingerprint density at radius 1 is 1.23 bits per heavy atom. The predicted octanol–water partition coefficient (Wildman–Crippen LogP) is 3.14. The molecule has 1 radical (unpaired) electrons. The molecule has 0 bridgehead atoms. The summed E-state index contributed by atoms with van der Waals surface area (Å²) in [6.07, 6.45) is 7.82. The summed E-state index contributed by atoms with van der Waals surface area (Å²) < 4.78 is 0. The highest BCUT2D eigenvalue weighted by Gasteiger charge is 1.94. The van der Waals surface area contributed by atoms with E-state index >= 15 is 0 Å². The monoisotopic (exact) mass is 183 g/mol. The summed E-state index contributed by atoms with van der Waals surface area (Å²) in [6.45, 7) is 6.94. The molecule has 0 heterocycles. The fourth-order valence-electron chi connectivity index (χ4n) is 1.18. The molecule has 0 aliphatic rings. The van der Waals surface area contributed by atoms with E-state index < -0.39 is 0 Å². The van der Waals surface area contributed by atoms with E-state index in [0.29, 0.717) is 5.84 Å². The van der Waals surface area contributed by atoms with E-state index in [4.69, 9.17) is 5.41 Å². The summed E-state index contributed by atoms with van der Waals surface area (Å²) in [5, 5.41) is 10.7. The molecule has 0 saturated heterocycles. The maximum atomic E-state index is 7.57. The van der Waals surface area contributed by atoms with Crippen LogP contribution in [0, 0.1) is 12.3 Å². The third kappa shape index (κ3) is 9.38. The van der Waals surface area contributed by atoms with Crippen molar-refractivity contribution in [2.24, 2.45) is 0 Å². The van der Waals surface area contributed by atoms with Crippen LogP contribution in [-0.4, -0.2) is 12.4 Å². The molecule has 2 N–H and O–H groups in total. The van der Waals surface area contributed by atoms with Gasteiger partial charge in [-0.15, -0.1) is 0 Å². The van der Waals surface area contributed by atoms with Gasteiger partial charge in [-0.05, 0) is 12.8 Å². The van der Waals surface area contributed by atoms with Gasteiger partial charge in [0, 0.05) is 13.0 Å². The van der Waals surface area contributed by atoms with E-state index in [2.05, 4.69) is 19.2 Å². The van der Waals surface area contributed by atoms with Gasteiger partial charge in [-0.1, -0.05) is 39.5 Å². The number of amidine groups is 1. The Labute approximate surface area is 82.6 Å². The highest BCUT2D eigenvalue weighted by Crippen LogP contribution is 1.98. The molecule has 77 valence electrons. The van der Waals surface area contributed by atoms with Crippen molar-refractivity contribution < 1.29 is 0 Å². The first-order valence-corrected chi connectivity index (χ1v) is 5.41. The lowest BCUT2D eigenvalue weighted by molar-refractivity contribution is 0.681. The fraction of sp³-hybridized carbons (Fsp3) is 0.818. The van der Waals surface area contributed by atoms with Crippen molar-refractivity contribution in [1.82, 2.24) is 5.32 Å². The SMILES string of the molecule is [CH2]CCCCC(=N)NCCCCC. The van der Waals surface area contributed by atoms with Crippen molar-refractivity contribution in [1.29, 1.82) is 5.41 Å². The Kier molecular flexibility index (Phi) is 9.17. The van der Waals surface area contributed by atoms with Crippen molar-refractivity contribution in [3.8, 4) is 0 Å². The zero-order valence-electron chi connectivity index (χ0n) is 8.86. The van der Waals surface area contributed by atoms with Gasteiger partial charge in [0.2, 0.25) is 0 Å². The zero-order valence-corrected chi connectivity index (χ0v) is 8.86. The van der Waals surface area contributed by atoms with Crippen molar-refractivity contribution in [3.63, 3.8) is 0 Å². The first-order valence-electron chi connectivity index (χ1n) is 5.41. The summed E-state index contributed by atoms with van der Waals surface area (Å²) in [6, 6.07) is 0. The lowest BCUT2D eigenvalue weighted by Gasteiger charge is -2.06. The fourth-order valence-corrected chi connectivity index (χ4v) is 1.18. The van der Waals surface area contributed by atoms with Crippen molar-refractivity contribution in [3.05, 3.63) is 6.92 Å². The minimum atomic E-state index is 0.699. The molecular formula is C11H23N2. The molecule has 0 atom stereocenters. The molecule has 2 heteroatoms. The van der Waals surface area contributed by atoms with E-state index in [0.717, 1.165) is 32.2 Å². The average Bonchev–Trinajstić information content (AvgIpc) is 2.13. The highest BCUT2D eigenvalue weighted by molar-refractivity contribution is 5.78. The number of hydrogen-bond acceptors (Lipinski definition) is 1. The Morgan fingerprint density at radius 3 is 2.62 bits per heavy atom. The lowest BCUT2D eigenvalue weighted by atomic mass is 10.2. The molecule has 13 heavy (non-hydrogen) atoms. The van der Waals surface area contributed by atoms with Gasteiger partial charge in [-0.25, -0.2) is 0 Å². The van der Waals surface area contributed by atoms with Gasteiger partial charge in [-0.3, -0.25) is 5.41 Å². The maximum absolute atomic E-state index is 7.57. The van der Waals surface area contributed by atoms with Crippen LogP contribution in [0.3, 0.4) is 0 Å². The van der Waals surface area contributed by atoms with Gasteiger partial charge < -0.3 is 5.32 Å². The molecule has 0 aliphatic carbocycles. The van der Waals surface area contributed by atoms with Crippen LogP contribution >= 0.6 is 0 Å². The Morgan fingerprint density at radius 2 is 2.00 bits per heavy atom. The van der Waals surface area contributed by atoms with Crippen LogP contribution in [0.1, 0.15) is 51.9 Å². The lowest BCUT2D eigenvalue weighted by Crippen LogP contribution is -2.23. The summed E-state index contributed by atoms with van der Waals surface area (Å²) in [7, 11) is 0. The molecule has 0 spiro atoms. The largest absolute Gasteiger partial charge is 0.374 e. The van der Waals surface area contributed by atoms with Crippen molar-refractivity contribution in [2.45, 2.75) is 51.9 Å². The van der Waals surface area contributed by atoms with Crippen molar-refractivity contribution in [2.75, 3.05) is 6.54 Å². The zero-order chi connectivity index (χ0) is 9.94. The van der Waals surface area contributed by atoms with Gasteiger partial charge >= 0.3 is 0 Å². The second kappa shape index (κ2) is 9.56. The minimum Gasteiger partial charge on any atom is -0.374 e. The second-order valence-corrected chi connectivity index (χ2v) is 3.42. The molecule has 0 unspecified atom stereocenters. The van der Waals surface area contributed by atoms with Gasteiger partial charge in [0.15, 0.2) is 0 Å². The first kappa shape index (κ1) is 12.5. The second-order valence-electron chi connectivity index (χ2n) is 3.42. The summed E-state index contributed by atoms with van der Waals surface area (Å²) in [4.78, 5) is 0. The van der Waals surface area contributed by atoms with Crippen LogP contribution in [-0.2, 0) is 0 Å². The normalized spacial score (nSPS) is 10.0. The number of unbranched alkanes of at least 4 members (excludes halogenated alkanes) is 4. The van der Waals surface area contributed by atoms with Crippen LogP contribution in [0.25, 0.3) is 0 Å². The smallest absolute Gasteiger partial charge is 0.0931 e. The van der Waals surface area contributed by atoms with Crippen LogP contribution in [0.5, 0.6) is 0 Å². The predicted molar refractivity (Wildman–Crippen MR) is 59.1 cm³/mol. The average molecular weight is 183 g/mol. The van der Waals surface area contributed by atoms with Crippen LogP contribution in [0.15, 0.2) is 0 Å². The molecule has 0 aromatic heterocycles. The van der Waals surface area contributed by atoms with E-state index in [1.807, 2.05) is 0 Å². The molecular weight excluding hydrogens is 160 g/mol. The molecule has 0 saturated carbocycles.